The van der Waals surface area contributed by atoms with E-state index in [0.717, 1.165) is 11.1 Å². The molecule has 28 heavy (non-hydrogen) atoms. The van der Waals surface area contributed by atoms with Crippen molar-refractivity contribution < 1.29 is 13.3 Å². The predicted molar refractivity (Wildman–Crippen MR) is 109 cm³/mol. The van der Waals surface area contributed by atoms with E-state index in [4.69, 9.17) is 11.6 Å². The second-order valence-corrected chi connectivity index (χ2v) is 8.53. The molecule has 6 nitrogen and oxygen atoms in total. The highest BCUT2D eigenvalue weighted by molar-refractivity contribution is 7.92. The Kier molecular flexibility index (Phi) is 5.67. The molecule has 0 aliphatic carbocycles. The van der Waals surface area contributed by atoms with Crippen LogP contribution < -0.4 is 4.31 Å². The van der Waals surface area contributed by atoms with E-state index < -0.39 is 14.9 Å². The van der Waals surface area contributed by atoms with Crippen molar-refractivity contribution in [2.75, 3.05) is 4.31 Å². The summed E-state index contributed by atoms with van der Waals surface area (Å²) in [6.45, 7) is 2.03. The first-order valence-electron chi connectivity index (χ1n) is 8.36. The van der Waals surface area contributed by atoms with E-state index >= 15 is 0 Å². The Labute approximate surface area is 168 Å². The Morgan fingerprint density at radius 2 is 1.68 bits per heavy atom. The number of anilines is 1. The van der Waals surface area contributed by atoms with Crippen molar-refractivity contribution in [3.05, 3.63) is 99.1 Å². The van der Waals surface area contributed by atoms with Gasteiger partial charge in [-0.05, 0) is 42.8 Å². The molecule has 0 bridgehead atoms. The molecule has 8 heteroatoms. The highest BCUT2D eigenvalue weighted by Gasteiger charge is 2.26. The van der Waals surface area contributed by atoms with E-state index in [2.05, 4.69) is 0 Å². The van der Waals surface area contributed by atoms with E-state index in [1.807, 2.05) is 31.2 Å². The van der Waals surface area contributed by atoms with Crippen LogP contribution in [0.5, 0.6) is 0 Å². The molecule has 0 atom stereocenters. The summed E-state index contributed by atoms with van der Waals surface area (Å²) in [5.74, 6) is 0. The third-order valence-corrected chi connectivity index (χ3v) is 6.16. The van der Waals surface area contributed by atoms with Crippen LogP contribution in [0.25, 0.3) is 0 Å². The molecule has 0 unspecified atom stereocenters. The lowest BCUT2D eigenvalue weighted by atomic mass is 10.1. The van der Waals surface area contributed by atoms with Gasteiger partial charge in [0.05, 0.1) is 22.1 Å². The number of nitro groups is 1. The molecule has 3 rings (SSSR count). The summed E-state index contributed by atoms with van der Waals surface area (Å²) in [6, 6.07) is 18.9. The van der Waals surface area contributed by atoms with Gasteiger partial charge in [0.15, 0.2) is 0 Å². The van der Waals surface area contributed by atoms with Crippen LogP contribution in [-0.2, 0) is 16.6 Å². The SMILES string of the molecule is Cc1cccc(CN(c2cccc(Cl)c2)S(=O)(=O)c2ccc([N+](=O)[O-])cc2)c1. The molecule has 0 aliphatic heterocycles. The Balaban J connectivity index is 2.07. The summed E-state index contributed by atoms with van der Waals surface area (Å²) < 4.78 is 27.9. The summed E-state index contributed by atoms with van der Waals surface area (Å²) in [4.78, 5) is 10.3. The predicted octanol–water partition coefficient (Wildman–Crippen LogP) is 4.95. The van der Waals surface area contributed by atoms with Crippen molar-refractivity contribution in [1.82, 2.24) is 0 Å². The van der Waals surface area contributed by atoms with Gasteiger partial charge in [-0.2, -0.15) is 0 Å². The molecule has 0 amide bonds. The fourth-order valence-electron chi connectivity index (χ4n) is 2.79. The Morgan fingerprint density at radius 1 is 1.00 bits per heavy atom. The molecule has 0 aromatic heterocycles. The molecule has 0 N–H and O–H groups in total. The molecular formula is C20H17ClN2O4S. The maximum Gasteiger partial charge on any atom is 0.269 e. The Morgan fingerprint density at radius 3 is 2.29 bits per heavy atom. The number of hydrogen-bond donors (Lipinski definition) is 0. The van der Waals surface area contributed by atoms with Gasteiger partial charge in [-0.1, -0.05) is 47.5 Å². The van der Waals surface area contributed by atoms with Crippen LogP contribution in [0.1, 0.15) is 11.1 Å². The van der Waals surface area contributed by atoms with Crippen LogP contribution in [0.4, 0.5) is 11.4 Å². The number of nitro benzene ring substituents is 1. The van der Waals surface area contributed by atoms with Crippen LogP contribution >= 0.6 is 11.6 Å². The number of rotatable bonds is 6. The summed E-state index contributed by atoms with van der Waals surface area (Å²) >= 11 is 6.07. The maximum atomic E-state index is 13.3. The first kappa shape index (κ1) is 19.9. The van der Waals surface area contributed by atoms with Crippen molar-refractivity contribution in [3.63, 3.8) is 0 Å². The number of non-ortho nitro benzene ring substituents is 1. The number of aryl methyl sites for hydroxylation is 1. The number of nitrogens with zero attached hydrogens (tertiary/aromatic N) is 2. The zero-order chi connectivity index (χ0) is 20.3. The highest BCUT2D eigenvalue weighted by Crippen LogP contribution is 2.29. The fourth-order valence-corrected chi connectivity index (χ4v) is 4.42. The third-order valence-electron chi connectivity index (χ3n) is 4.14. The molecule has 0 heterocycles. The van der Waals surface area contributed by atoms with E-state index in [-0.39, 0.29) is 17.1 Å². The largest absolute Gasteiger partial charge is 0.269 e. The maximum absolute atomic E-state index is 13.3. The average molecular weight is 417 g/mol. The molecule has 3 aromatic rings. The van der Waals surface area contributed by atoms with E-state index in [0.29, 0.717) is 10.7 Å². The van der Waals surface area contributed by atoms with Gasteiger partial charge in [0, 0.05) is 17.2 Å². The van der Waals surface area contributed by atoms with Crippen molar-refractivity contribution in [1.29, 1.82) is 0 Å². The minimum Gasteiger partial charge on any atom is -0.262 e. The van der Waals surface area contributed by atoms with Gasteiger partial charge in [-0.15, -0.1) is 0 Å². The number of halogens is 1. The number of sulfonamides is 1. The summed E-state index contributed by atoms with van der Waals surface area (Å²) in [5.41, 5.74) is 2.06. The molecule has 0 fully saturated rings. The molecule has 0 saturated heterocycles. The molecule has 0 aliphatic rings. The van der Waals surface area contributed by atoms with Gasteiger partial charge in [-0.25, -0.2) is 8.42 Å². The van der Waals surface area contributed by atoms with Crippen LogP contribution in [0.3, 0.4) is 0 Å². The Bertz CT molecular complexity index is 1120. The lowest BCUT2D eigenvalue weighted by Crippen LogP contribution is -2.30. The average Bonchev–Trinajstić information content (AvgIpc) is 2.66. The summed E-state index contributed by atoms with van der Waals surface area (Å²) in [6.07, 6.45) is 0. The van der Waals surface area contributed by atoms with Gasteiger partial charge < -0.3 is 0 Å². The van der Waals surface area contributed by atoms with E-state index in [9.17, 15) is 18.5 Å². The lowest BCUT2D eigenvalue weighted by Gasteiger charge is -2.25. The monoisotopic (exact) mass is 416 g/mol. The van der Waals surface area contributed by atoms with Crippen molar-refractivity contribution in [2.45, 2.75) is 18.4 Å². The number of benzene rings is 3. The van der Waals surface area contributed by atoms with Crippen LogP contribution in [0.2, 0.25) is 5.02 Å². The second kappa shape index (κ2) is 8.00. The normalized spacial score (nSPS) is 11.2. The van der Waals surface area contributed by atoms with E-state index in [1.165, 1.54) is 28.6 Å². The zero-order valence-corrected chi connectivity index (χ0v) is 16.5. The highest BCUT2D eigenvalue weighted by atomic mass is 35.5. The first-order chi connectivity index (χ1) is 13.3. The molecule has 0 spiro atoms. The minimum absolute atomic E-state index is 0.0364. The van der Waals surface area contributed by atoms with Crippen molar-refractivity contribution in [3.8, 4) is 0 Å². The summed E-state index contributed by atoms with van der Waals surface area (Å²) in [5, 5.41) is 11.3. The lowest BCUT2D eigenvalue weighted by molar-refractivity contribution is -0.384. The van der Waals surface area contributed by atoms with Gasteiger partial charge in [0.25, 0.3) is 15.7 Å². The standard InChI is InChI=1S/C20H17ClN2O4S/c1-15-4-2-5-16(12-15)14-22(19-7-3-6-17(21)13-19)28(26,27)20-10-8-18(9-11-20)23(24)25/h2-13H,14H2,1H3. The number of hydrogen-bond acceptors (Lipinski definition) is 4. The van der Waals surface area contributed by atoms with Gasteiger partial charge in [0.1, 0.15) is 0 Å². The molecule has 0 saturated carbocycles. The summed E-state index contributed by atoms with van der Waals surface area (Å²) in [7, 11) is -3.97. The quantitative estimate of drug-likeness (QED) is 0.420. The molecular weight excluding hydrogens is 400 g/mol. The van der Waals surface area contributed by atoms with E-state index in [1.54, 1.807) is 24.3 Å². The second-order valence-electron chi connectivity index (χ2n) is 6.23. The van der Waals surface area contributed by atoms with Crippen LogP contribution in [0.15, 0.2) is 77.7 Å². The van der Waals surface area contributed by atoms with Crippen LogP contribution in [0, 0.1) is 17.0 Å². The van der Waals surface area contributed by atoms with Gasteiger partial charge in [-0.3, -0.25) is 14.4 Å². The topological polar surface area (TPSA) is 80.5 Å². The van der Waals surface area contributed by atoms with Gasteiger partial charge in [0.2, 0.25) is 0 Å². The molecule has 3 aromatic carbocycles. The van der Waals surface area contributed by atoms with Crippen molar-refractivity contribution >= 4 is 33.0 Å². The Hall–Kier alpha value is -2.90. The minimum atomic E-state index is -3.97. The molecule has 144 valence electrons. The first-order valence-corrected chi connectivity index (χ1v) is 10.2. The smallest absolute Gasteiger partial charge is 0.262 e. The fraction of sp³-hybridized carbons (Fsp3) is 0.100. The van der Waals surface area contributed by atoms with Gasteiger partial charge >= 0.3 is 0 Å². The third kappa shape index (κ3) is 4.32. The van der Waals surface area contributed by atoms with Crippen LogP contribution in [-0.4, -0.2) is 13.3 Å². The molecule has 0 radical (unpaired) electrons. The zero-order valence-electron chi connectivity index (χ0n) is 14.9. The van der Waals surface area contributed by atoms with Crippen molar-refractivity contribution in [2.24, 2.45) is 0 Å².